The van der Waals surface area contributed by atoms with E-state index < -0.39 is 32.9 Å². The van der Waals surface area contributed by atoms with Crippen LogP contribution in [0.1, 0.15) is 0 Å². The lowest BCUT2D eigenvalue weighted by atomic mass is 10.2. The van der Waals surface area contributed by atoms with Crippen molar-refractivity contribution in [1.82, 2.24) is 4.98 Å². The van der Waals surface area contributed by atoms with Gasteiger partial charge in [-0.2, -0.15) is 10.1 Å². The van der Waals surface area contributed by atoms with Crippen LogP contribution in [0.3, 0.4) is 0 Å². The number of nitrogens with zero attached hydrogens (tertiary/aromatic N) is 4. The third kappa shape index (κ3) is 2.61. The zero-order valence-electron chi connectivity index (χ0n) is 12.4. The van der Waals surface area contributed by atoms with Crippen LogP contribution < -0.4 is 27.0 Å². The zero-order valence-corrected chi connectivity index (χ0v) is 12.4. The largest absolute Gasteiger partial charge is 0.350 e. The summed E-state index contributed by atoms with van der Waals surface area (Å²) in [7, 11) is 0. The Morgan fingerprint density at radius 2 is 1.84 bits per heavy atom. The molecule has 25 heavy (non-hydrogen) atoms. The molecule has 0 saturated carbocycles. The van der Waals surface area contributed by atoms with Crippen molar-refractivity contribution in [2.24, 2.45) is 10.8 Å². The van der Waals surface area contributed by atoms with Crippen molar-refractivity contribution in [2.75, 3.05) is 5.01 Å². The molecule has 2 N–H and O–H groups in total. The molecule has 3 aromatic rings. The summed E-state index contributed by atoms with van der Waals surface area (Å²) in [6.45, 7) is 0. The van der Waals surface area contributed by atoms with E-state index >= 15 is 0 Å². The summed E-state index contributed by atoms with van der Waals surface area (Å²) in [4.78, 5) is 50.6. The minimum atomic E-state index is -1.04. The number of urea groups is 1. The van der Waals surface area contributed by atoms with E-state index in [2.05, 4.69) is 10.1 Å². The summed E-state index contributed by atoms with van der Waals surface area (Å²) in [5.41, 5.74) is 3.17. The summed E-state index contributed by atoms with van der Waals surface area (Å²) in [6, 6.07) is 5.45. The molecular formula is C15H9N5O5. The Morgan fingerprint density at radius 1 is 1.16 bits per heavy atom. The number of carbonyl (C=O) groups is 1. The fraction of sp³-hybridized carbons (Fsp3) is 0. The van der Waals surface area contributed by atoms with Gasteiger partial charge in [-0.15, -0.1) is 0 Å². The van der Waals surface area contributed by atoms with Crippen LogP contribution in [0.4, 0.5) is 16.2 Å². The van der Waals surface area contributed by atoms with E-state index in [1.165, 1.54) is 36.7 Å². The smallest absolute Gasteiger partial charge is 0.340 e. The van der Waals surface area contributed by atoms with Crippen LogP contribution in [-0.4, -0.2) is 15.9 Å². The van der Waals surface area contributed by atoms with Crippen molar-refractivity contribution in [3.63, 3.8) is 0 Å². The Hall–Kier alpha value is -3.95. The highest BCUT2D eigenvalue weighted by Gasteiger charge is 2.22. The second-order valence-corrected chi connectivity index (χ2v) is 4.92. The molecule has 0 radical (unpaired) electrons. The number of non-ortho nitro benzene ring substituents is 1. The van der Waals surface area contributed by atoms with Crippen LogP contribution in [0.25, 0.3) is 10.8 Å². The maximum Gasteiger partial charge on any atom is 0.340 e. The molecule has 0 bridgehead atoms. The molecule has 0 spiro atoms. The normalized spacial score (nSPS) is 11.6. The van der Waals surface area contributed by atoms with Gasteiger partial charge in [-0.25, -0.2) is 4.79 Å². The average Bonchev–Trinajstić information content (AvgIpc) is 2.84. The van der Waals surface area contributed by atoms with Crippen LogP contribution >= 0.6 is 0 Å². The molecule has 10 heteroatoms. The monoisotopic (exact) mass is 339 g/mol. The first kappa shape index (κ1) is 15.9. The number of hydrogen-bond donors (Lipinski definition) is 1. The van der Waals surface area contributed by atoms with Gasteiger partial charge in [-0.3, -0.25) is 24.7 Å². The number of nitro groups is 1. The van der Waals surface area contributed by atoms with E-state index in [4.69, 9.17) is 5.73 Å². The summed E-state index contributed by atoms with van der Waals surface area (Å²) in [5, 5.41) is 14.4. The van der Waals surface area contributed by atoms with Crippen molar-refractivity contribution >= 4 is 28.2 Å². The highest BCUT2D eigenvalue weighted by Crippen LogP contribution is 2.19. The molecule has 0 saturated heterocycles. The predicted molar refractivity (Wildman–Crippen MR) is 87.4 cm³/mol. The topological polar surface area (TPSA) is 149 Å². The summed E-state index contributed by atoms with van der Waals surface area (Å²) < 4.78 is 0. The van der Waals surface area contributed by atoms with Gasteiger partial charge in [0.1, 0.15) is 5.39 Å². The molecule has 10 nitrogen and oxygen atoms in total. The van der Waals surface area contributed by atoms with Gasteiger partial charge >= 0.3 is 6.03 Å². The van der Waals surface area contributed by atoms with Crippen LogP contribution in [0, 0.1) is 10.1 Å². The summed E-state index contributed by atoms with van der Waals surface area (Å²) in [6.07, 6.45) is 2.73. The number of hydrogen-bond acceptors (Lipinski definition) is 7. The lowest BCUT2D eigenvalue weighted by Crippen LogP contribution is -2.40. The summed E-state index contributed by atoms with van der Waals surface area (Å²) >= 11 is 0. The fourth-order valence-electron chi connectivity index (χ4n) is 2.38. The highest BCUT2D eigenvalue weighted by molar-refractivity contribution is 5.92. The maximum atomic E-state index is 12.5. The second kappa shape index (κ2) is 5.92. The van der Waals surface area contributed by atoms with Crippen LogP contribution in [-0.2, 0) is 0 Å². The quantitative estimate of drug-likeness (QED) is 0.530. The Bertz CT molecular complexity index is 1150. The Balaban J connectivity index is 2.36. The average molecular weight is 339 g/mol. The number of fused-ring (bicyclic) bond motifs is 1. The van der Waals surface area contributed by atoms with Crippen LogP contribution in [0.2, 0.25) is 0 Å². The van der Waals surface area contributed by atoms with Gasteiger partial charge in [0.2, 0.25) is 10.9 Å². The van der Waals surface area contributed by atoms with Crippen molar-refractivity contribution in [2.45, 2.75) is 0 Å². The second-order valence-electron chi connectivity index (χ2n) is 4.92. The van der Waals surface area contributed by atoms with Gasteiger partial charge < -0.3 is 5.73 Å². The number of anilines is 1. The van der Waals surface area contributed by atoms with Crippen LogP contribution in [0.5, 0.6) is 0 Å². The molecule has 0 aliphatic carbocycles. The van der Waals surface area contributed by atoms with Gasteiger partial charge in [0.15, 0.2) is 5.36 Å². The highest BCUT2D eigenvalue weighted by atomic mass is 16.6. The first-order valence-electron chi connectivity index (χ1n) is 6.87. The number of aromatic nitrogens is 1. The lowest BCUT2D eigenvalue weighted by Gasteiger charge is -2.12. The number of nitrogens with two attached hydrogens (primary N) is 1. The molecule has 1 heterocycles. The molecule has 2 aromatic carbocycles. The van der Waals surface area contributed by atoms with Crippen LogP contribution in [0.15, 0.2) is 57.4 Å². The Kier molecular flexibility index (Phi) is 3.77. The molecule has 0 fully saturated rings. The minimum Gasteiger partial charge on any atom is -0.350 e. The Labute approximate surface area is 138 Å². The number of rotatable bonds is 3. The molecule has 0 atom stereocenters. The first-order chi connectivity index (χ1) is 11.9. The van der Waals surface area contributed by atoms with Gasteiger partial charge in [0, 0.05) is 23.8 Å². The van der Waals surface area contributed by atoms with Crippen molar-refractivity contribution in [1.29, 1.82) is 0 Å². The third-order valence-corrected chi connectivity index (χ3v) is 3.46. The molecule has 1 aromatic heterocycles. The number of primary amides is 1. The first-order valence-corrected chi connectivity index (χ1v) is 6.87. The maximum absolute atomic E-state index is 12.5. The van der Waals surface area contributed by atoms with E-state index in [0.717, 1.165) is 6.07 Å². The number of amides is 2. The summed E-state index contributed by atoms with van der Waals surface area (Å²) in [5.74, 6) is 0. The van der Waals surface area contributed by atoms with Crippen molar-refractivity contribution in [3.05, 3.63) is 78.6 Å². The molecule has 124 valence electrons. The number of carbonyl (C=O) groups excluding carboxylic acids is 1. The van der Waals surface area contributed by atoms with E-state index in [-0.39, 0.29) is 16.5 Å². The number of benzene rings is 1. The van der Waals surface area contributed by atoms with Gasteiger partial charge in [-0.05, 0) is 18.2 Å². The molecular weight excluding hydrogens is 330 g/mol. The Morgan fingerprint density at radius 3 is 2.44 bits per heavy atom. The number of nitro benzene ring substituents is 1. The fourth-order valence-corrected chi connectivity index (χ4v) is 2.38. The lowest BCUT2D eigenvalue weighted by molar-refractivity contribution is -0.383. The zero-order chi connectivity index (χ0) is 18.1. The SMILES string of the molecule is NC(=O)N(/N=c1/c(=O)c2cccc([N+](=O)[O-])c2c1=O)c1ccncc1. The molecule has 0 aliphatic rings. The predicted octanol–water partition coefficient (Wildman–Crippen LogP) is 0.140. The molecule has 0 aliphatic heterocycles. The third-order valence-electron chi connectivity index (χ3n) is 3.46. The molecule has 0 unspecified atom stereocenters. The van der Waals surface area contributed by atoms with E-state index in [0.29, 0.717) is 5.01 Å². The van der Waals surface area contributed by atoms with Crippen molar-refractivity contribution < 1.29 is 9.72 Å². The van der Waals surface area contributed by atoms with Gasteiger partial charge in [0.25, 0.3) is 5.69 Å². The minimum absolute atomic E-state index is 0.142. The van der Waals surface area contributed by atoms with Gasteiger partial charge in [0.05, 0.1) is 10.6 Å². The van der Waals surface area contributed by atoms with E-state index in [9.17, 15) is 24.5 Å². The molecule has 2 amide bonds. The van der Waals surface area contributed by atoms with E-state index in [1.54, 1.807) is 0 Å². The number of pyridine rings is 1. The van der Waals surface area contributed by atoms with Crippen molar-refractivity contribution in [3.8, 4) is 0 Å². The standard InChI is InChI=1S/C15H9N5O5/c16-15(23)19(8-4-6-17-7-5-8)18-12-13(21)9-2-1-3-10(20(24)25)11(9)14(12)22/h1-7H,(H2,16,23)/b18-12-. The molecule has 3 rings (SSSR count). The van der Waals surface area contributed by atoms with Gasteiger partial charge in [-0.1, -0.05) is 6.07 Å². The van der Waals surface area contributed by atoms with E-state index in [1.807, 2.05) is 0 Å².